The first-order chi connectivity index (χ1) is 10.1. The smallest absolute Gasteiger partial charge is 0.0617 e. The van der Waals surface area contributed by atoms with Crippen LogP contribution in [-0.2, 0) is 0 Å². The third-order valence-corrected chi connectivity index (χ3v) is 4.53. The van der Waals surface area contributed by atoms with E-state index in [1.54, 1.807) is 6.07 Å². The summed E-state index contributed by atoms with van der Waals surface area (Å²) in [6.45, 7) is 3.75. The van der Waals surface area contributed by atoms with Gasteiger partial charge in [0.2, 0.25) is 0 Å². The van der Waals surface area contributed by atoms with Gasteiger partial charge in [0.1, 0.15) is 0 Å². The van der Waals surface area contributed by atoms with Crippen molar-refractivity contribution in [2.45, 2.75) is 0 Å². The van der Waals surface area contributed by atoms with Gasteiger partial charge in [-0.05, 0) is 24.3 Å². The molecule has 0 radical (unpaired) electrons. The number of nitrogen functional groups attached to an aromatic ring is 1. The van der Waals surface area contributed by atoms with Gasteiger partial charge in [-0.1, -0.05) is 41.4 Å². The van der Waals surface area contributed by atoms with Crippen LogP contribution in [0.15, 0.2) is 42.5 Å². The molecule has 2 aromatic rings. The van der Waals surface area contributed by atoms with Crippen molar-refractivity contribution in [3.8, 4) is 0 Å². The van der Waals surface area contributed by atoms with E-state index in [0.29, 0.717) is 15.7 Å². The van der Waals surface area contributed by atoms with Gasteiger partial charge in [-0.3, -0.25) is 0 Å². The Morgan fingerprint density at radius 1 is 0.810 bits per heavy atom. The van der Waals surface area contributed by atoms with Gasteiger partial charge in [0.15, 0.2) is 0 Å². The van der Waals surface area contributed by atoms with Crippen LogP contribution in [0.25, 0.3) is 0 Å². The Morgan fingerprint density at radius 3 is 2.05 bits per heavy atom. The van der Waals surface area contributed by atoms with E-state index in [4.69, 9.17) is 28.9 Å². The molecule has 0 unspecified atom stereocenters. The van der Waals surface area contributed by atoms with Crippen molar-refractivity contribution < 1.29 is 0 Å². The summed E-state index contributed by atoms with van der Waals surface area (Å²) < 4.78 is 0. The molecule has 0 saturated carbocycles. The summed E-state index contributed by atoms with van der Waals surface area (Å²) in [6, 6.07) is 14.0. The van der Waals surface area contributed by atoms with Crippen molar-refractivity contribution >= 4 is 40.3 Å². The minimum atomic E-state index is 0.501. The molecule has 3 rings (SSSR count). The first-order valence-corrected chi connectivity index (χ1v) is 7.70. The Kier molecular flexibility index (Phi) is 4.13. The molecule has 1 heterocycles. The number of hydrogen-bond acceptors (Lipinski definition) is 3. The number of piperazine rings is 1. The number of halogens is 2. The van der Waals surface area contributed by atoms with Gasteiger partial charge in [-0.2, -0.15) is 0 Å². The highest BCUT2D eigenvalue weighted by atomic mass is 35.5. The van der Waals surface area contributed by atoms with Crippen molar-refractivity contribution in [2.75, 3.05) is 41.7 Å². The third-order valence-electron chi connectivity index (χ3n) is 3.81. The van der Waals surface area contributed by atoms with Crippen LogP contribution in [0.5, 0.6) is 0 Å². The van der Waals surface area contributed by atoms with Crippen LogP contribution in [0.3, 0.4) is 0 Å². The Hall–Kier alpha value is -1.58. The molecule has 2 aromatic carbocycles. The maximum absolute atomic E-state index is 6.11. The average molecular weight is 322 g/mol. The largest absolute Gasteiger partial charge is 0.397 e. The van der Waals surface area contributed by atoms with Crippen LogP contribution in [0.1, 0.15) is 0 Å². The third kappa shape index (κ3) is 3.04. The molecule has 3 nitrogen and oxygen atoms in total. The first-order valence-electron chi connectivity index (χ1n) is 6.94. The van der Waals surface area contributed by atoms with Crippen LogP contribution in [0.2, 0.25) is 10.0 Å². The van der Waals surface area contributed by atoms with E-state index in [0.717, 1.165) is 31.9 Å². The van der Waals surface area contributed by atoms with Gasteiger partial charge in [0.25, 0.3) is 0 Å². The van der Waals surface area contributed by atoms with E-state index in [1.165, 1.54) is 5.69 Å². The Bertz CT molecular complexity index is 623. The lowest BCUT2D eigenvalue weighted by Crippen LogP contribution is -2.46. The monoisotopic (exact) mass is 321 g/mol. The van der Waals surface area contributed by atoms with E-state index in [2.05, 4.69) is 34.1 Å². The molecule has 21 heavy (non-hydrogen) atoms. The molecule has 1 fully saturated rings. The maximum atomic E-state index is 6.11. The summed E-state index contributed by atoms with van der Waals surface area (Å²) in [7, 11) is 0. The number of anilines is 3. The minimum Gasteiger partial charge on any atom is -0.397 e. The highest BCUT2D eigenvalue weighted by molar-refractivity contribution is 6.42. The van der Waals surface area contributed by atoms with Crippen LogP contribution < -0.4 is 15.5 Å². The molecule has 0 bridgehead atoms. The highest BCUT2D eigenvalue weighted by Gasteiger charge is 2.19. The van der Waals surface area contributed by atoms with Crippen LogP contribution >= 0.6 is 23.2 Å². The molecule has 2 N–H and O–H groups in total. The normalized spacial score (nSPS) is 15.3. The predicted molar refractivity (Wildman–Crippen MR) is 91.7 cm³/mol. The molecule has 110 valence electrons. The van der Waals surface area contributed by atoms with Crippen LogP contribution in [0, 0.1) is 0 Å². The predicted octanol–water partition coefficient (Wildman–Crippen LogP) is 3.90. The van der Waals surface area contributed by atoms with Crippen molar-refractivity contribution in [2.24, 2.45) is 0 Å². The standard InChI is InChI=1S/C16H17Cl2N3/c17-13-10-15(19)16(11-14(13)18)21-8-6-20(7-9-21)12-4-2-1-3-5-12/h1-5,10-11H,6-9,19H2. The van der Waals surface area contributed by atoms with Crippen LogP contribution in [-0.4, -0.2) is 26.2 Å². The molecule has 0 spiro atoms. The zero-order valence-corrected chi connectivity index (χ0v) is 13.1. The van der Waals surface area contributed by atoms with Gasteiger partial charge in [-0.25, -0.2) is 0 Å². The lowest BCUT2D eigenvalue weighted by atomic mass is 10.2. The Labute approximate surface area is 134 Å². The molecule has 1 saturated heterocycles. The molecule has 0 atom stereocenters. The SMILES string of the molecule is Nc1cc(Cl)c(Cl)cc1N1CCN(c2ccccc2)CC1. The van der Waals surface area contributed by atoms with Gasteiger partial charge < -0.3 is 15.5 Å². The molecule has 0 aliphatic carbocycles. The fraction of sp³-hybridized carbons (Fsp3) is 0.250. The van der Waals surface area contributed by atoms with Crippen molar-refractivity contribution in [3.63, 3.8) is 0 Å². The topological polar surface area (TPSA) is 32.5 Å². The summed E-state index contributed by atoms with van der Waals surface area (Å²) in [5, 5.41) is 1.05. The molecule has 0 aromatic heterocycles. The molecular formula is C16H17Cl2N3. The number of benzene rings is 2. The quantitative estimate of drug-likeness (QED) is 0.851. The summed E-state index contributed by atoms with van der Waals surface area (Å²) in [4.78, 5) is 4.64. The zero-order valence-electron chi connectivity index (χ0n) is 11.6. The number of nitrogens with zero attached hydrogens (tertiary/aromatic N) is 2. The van der Waals surface area contributed by atoms with E-state index < -0.39 is 0 Å². The van der Waals surface area contributed by atoms with Gasteiger partial charge in [0, 0.05) is 31.9 Å². The van der Waals surface area contributed by atoms with E-state index in [1.807, 2.05) is 12.1 Å². The summed E-state index contributed by atoms with van der Waals surface area (Å²) in [5.74, 6) is 0. The number of hydrogen-bond donors (Lipinski definition) is 1. The molecule has 5 heteroatoms. The summed E-state index contributed by atoms with van der Waals surface area (Å²) in [5.41, 5.74) is 8.98. The van der Waals surface area contributed by atoms with Crippen molar-refractivity contribution in [1.82, 2.24) is 0 Å². The number of para-hydroxylation sites is 1. The van der Waals surface area contributed by atoms with Crippen LogP contribution in [0.4, 0.5) is 17.1 Å². The lowest BCUT2D eigenvalue weighted by Gasteiger charge is -2.38. The second-order valence-corrected chi connectivity index (χ2v) is 5.95. The van der Waals surface area contributed by atoms with Gasteiger partial charge in [0.05, 0.1) is 21.4 Å². The Balaban J connectivity index is 1.73. The molecule has 1 aliphatic rings. The average Bonchev–Trinajstić information content (AvgIpc) is 2.52. The van der Waals surface area contributed by atoms with E-state index >= 15 is 0 Å². The second kappa shape index (κ2) is 6.04. The Morgan fingerprint density at radius 2 is 1.38 bits per heavy atom. The zero-order chi connectivity index (χ0) is 14.8. The summed E-state index contributed by atoms with van der Waals surface area (Å²) >= 11 is 12.1. The fourth-order valence-electron chi connectivity index (χ4n) is 2.67. The van der Waals surface area contributed by atoms with Gasteiger partial charge >= 0.3 is 0 Å². The number of rotatable bonds is 2. The maximum Gasteiger partial charge on any atom is 0.0617 e. The molecule has 0 amide bonds. The molecule has 1 aliphatic heterocycles. The summed E-state index contributed by atoms with van der Waals surface area (Å²) in [6.07, 6.45) is 0. The second-order valence-electron chi connectivity index (χ2n) is 5.13. The molecular weight excluding hydrogens is 305 g/mol. The van der Waals surface area contributed by atoms with Crippen molar-refractivity contribution in [3.05, 3.63) is 52.5 Å². The number of nitrogens with two attached hydrogens (primary N) is 1. The van der Waals surface area contributed by atoms with E-state index in [-0.39, 0.29) is 0 Å². The van der Waals surface area contributed by atoms with Crippen molar-refractivity contribution in [1.29, 1.82) is 0 Å². The first kappa shape index (κ1) is 14.4. The lowest BCUT2D eigenvalue weighted by molar-refractivity contribution is 0.654. The highest BCUT2D eigenvalue weighted by Crippen LogP contribution is 2.33. The minimum absolute atomic E-state index is 0.501. The van der Waals surface area contributed by atoms with E-state index in [9.17, 15) is 0 Å². The van der Waals surface area contributed by atoms with Gasteiger partial charge in [-0.15, -0.1) is 0 Å². The fourth-order valence-corrected chi connectivity index (χ4v) is 3.00.